The van der Waals surface area contributed by atoms with Crippen molar-refractivity contribution in [3.63, 3.8) is 0 Å². The van der Waals surface area contributed by atoms with Crippen LogP contribution in [0.1, 0.15) is 43.2 Å². The minimum absolute atomic E-state index is 0.0645. The Hall–Kier alpha value is -2.93. The number of rotatable bonds is 3. The molecular weight excluding hydrogens is 406 g/mol. The molecule has 1 N–H and O–H groups in total. The summed E-state index contributed by atoms with van der Waals surface area (Å²) in [6.45, 7) is 6.40. The molecular formula is C24H27N5OS. The Morgan fingerprint density at radius 2 is 1.90 bits per heavy atom. The van der Waals surface area contributed by atoms with Gasteiger partial charge in [-0.15, -0.1) is 16.4 Å². The number of carbonyl (C=O) groups is 1. The predicted octanol–water partition coefficient (Wildman–Crippen LogP) is 5.04. The van der Waals surface area contributed by atoms with Gasteiger partial charge in [0.25, 0.3) is 0 Å². The lowest BCUT2D eigenvalue weighted by atomic mass is 9.73. The van der Waals surface area contributed by atoms with E-state index in [1.807, 2.05) is 30.9 Å². The molecule has 0 spiro atoms. The van der Waals surface area contributed by atoms with Crippen molar-refractivity contribution in [1.29, 1.82) is 0 Å². The summed E-state index contributed by atoms with van der Waals surface area (Å²) >= 11 is 1.68. The van der Waals surface area contributed by atoms with Crippen molar-refractivity contribution in [2.75, 3.05) is 24.3 Å². The predicted molar refractivity (Wildman–Crippen MR) is 126 cm³/mol. The molecule has 3 heterocycles. The van der Waals surface area contributed by atoms with Crippen LogP contribution in [0.15, 0.2) is 47.0 Å². The summed E-state index contributed by atoms with van der Waals surface area (Å²) in [7, 11) is 4.05. The molecule has 2 aromatic heterocycles. The van der Waals surface area contributed by atoms with Crippen LogP contribution in [-0.4, -0.2) is 34.6 Å². The zero-order chi connectivity index (χ0) is 21.9. The zero-order valence-electron chi connectivity index (χ0n) is 18.6. The third kappa shape index (κ3) is 3.37. The van der Waals surface area contributed by atoms with Crippen molar-refractivity contribution in [1.82, 2.24) is 14.8 Å². The second-order valence-corrected chi connectivity index (χ2v) is 10.4. The summed E-state index contributed by atoms with van der Waals surface area (Å²) in [6.07, 6.45) is 1.38. The number of allylic oxidation sites excluding steroid dienone is 2. The van der Waals surface area contributed by atoms with Crippen LogP contribution in [0.4, 0.5) is 11.6 Å². The van der Waals surface area contributed by atoms with E-state index in [0.717, 1.165) is 33.8 Å². The van der Waals surface area contributed by atoms with Gasteiger partial charge < -0.3 is 10.2 Å². The van der Waals surface area contributed by atoms with Gasteiger partial charge in [0.1, 0.15) is 6.04 Å². The maximum Gasteiger partial charge on any atom is 0.226 e. The molecule has 0 amide bonds. The smallest absolute Gasteiger partial charge is 0.226 e. The quantitative estimate of drug-likeness (QED) is 0.627. The molecule has 1 aliphatic carbocycles. The lowest BCUT2D eigenvalue weighted by Gasteiger charge is -2.38. The Kier molecular flexibility index (Phi) is 4.55. The standard InChI is InChI=1S/C24H27N5OS/c1-14-10-11-31-21(14)20-19-17(12-24(2,3)13-18(19)30)25-23-26-22(27-29(20)23)15-6-8-16(9-7-15)28(4)5/h6-11,20H,12-13H2,1-5H3,(H,25,26,27). The highest BCUT2D eigenvalue weighted by Crippen LogP contribution is 2.47. The number of ketones is 1. The van der Waals surface area contributed by atoms with Crippen LogP contribution in [0, 0.1) is 12.3 Å². The number of thiophene rings is 1. The minimum atomic E-state index is -0.225. The molecule has 31 heavy (non-hydrogen) atoms. The average molecular weight is 434 g/mol. The maximum atomic E-state index is 13.3. The Balaban J connectivity index is 1.63. The van der Waals surface area contributed by atoms with E-state index in [-0.39, 0.29) is 17.2 Å². The Labute approximate surface area is 186 Å². The van der Waals surface area contributed by atoms with Gasteiger partial charge in [-0.25, -0.2) is 4.68 Å². The van der Waals surface area contributed by atoms with Crippen LogP contribution < -0.4 is 10.2 Å². The van der Waals surface area contributed by atoms with Gasteiger partial charge in [0, 0.05) is 47.9 Å². The van der Waals surface area contributed by atoms with Crippen molar-refractivity contribution in [3.8, 4) is 11.4 Å². The lowest BCUT2D eigenvalue weighted by molar-refractivity contribution is -0.118. The van der Waals surface area contributed by atoms with Gasteiger partial charge >= 0.3 is 0 Å². The molecule has 160 valence electrons. The number of hydrogen-bond acceptors (Lipinski definition) is 6. The van der Waals surface area contributed by atoms with Gasteiger partial charge in [0.2, 0.25) is 5.95 Å². The van der Waals surface area contributed by atoms with Gasteiger partial charge in [-0.2, -0.15) is 4.98 Å². The molecule has 0 saturated heterocycles. The highest BCUT2D eigenvalue weighted by atomic mass is 32.1. The summed E-state index contributed by atoms with van der Waals surface area (Å²) in [6, 6.07) is 10.1. The van der Waals surface area contributed by atoms with E-state index in [9.17, 15) is 4.79 Å². The number of carbonyl (C=O) groups excluding carboxylic acids is 1. The summed E-state index contributed by atoms with van der Waals surface area (Å²) in [5.41, 5.74) is 5.04. The lowest BCUT2D eigenvalue weighted by Crippen LogP contribution is -2.36. The summed E-state index contributed by atoms with van der Waals surface area (Å²) in [4.78, 5) is 21.3. The van der Waals surface area contributed by atoms with Gasteiger partial charge in [-0.3, -0.25) is 4.79 Å². The van der Waals surface area contributed by atoms with Gasteiger partial charge in [0.05, 0.1) is 0 Å². The van der Waals surface area contributed by atoms with Crippen molar-refractivity contribution >= 4 is 28.8 Å². The topological polar surface area (TPSA) is 63.1 Å². The molecule has 6 nitrogen and oxygen atoms in total. The van der Waals surface area contributed by atoms with Crippen molar-refractivity contribution in [3.05, 3.63) is 57.4 Å². The number of fused-ring (bicyclic) bond motifs is 1. The number of nitrogens with one attached hydrogen (secondary N) is 1. The molecule has 2 aliphatic rings. The van der Waals surface area contributed by atoms with E-state index in [4.69, 9.17) is 10.1 Å². The number of Topliss-reactive ketones (excluding diaryl/α,β-unsaturated/α-hetero) is 1. The summed E-state index contributed by atoms with van der Waals surface area (Å²) in [5.74, 6) is 1.57. The third-order valence-corrected chi connectivity index (χ3v) is 7.20. The number of anilines is 2. The largest absolute Gasteiger partial charge is 0.378 e. The third-order valence-electron chi connectivity index (χ3n) is 6.12. The highest BCUT2D eigenvalue weighted by molar-refractivity contribution is 7.10. The zero-order valence-corrected chi connectivity index (χ0v) is 19.4. The van der Waals surface area contributed by atoms with Crippen molar-refractivity contribution in [2.45, 2.75) is 39.7 Å². The number of aromatic nitrogens is 3. The minimum Gasteiger partial charge on any atom is -0.378 e. The SMILES string of the molecule is Cc1ccsc1C1C2=C(CC(C)(C)CC2=O)Nc2nc(-c3ccc(N(C)C)cc3)nn21. The first kappa shape index (κ1) is 20.0. The molecule has 1 aromatic carbocycles. The molecule has 0 saturated carbocycles. The summed E-state index contributed by atoms with van der Waals surface area (Å²) in [5, 5.41) is 10.4. The van der Waals surface area contributed by atoms with Crippen LogP contribution in [0.5, 0.6) is 0 Å². The average Bonchev–Trinajstić information content (AvgIpc) is 3.31. The molecule has 7 heteroatoms. The fourth-order valence-electron chi connectivity index (χ4n) is 4.55. The van der Waals surface area contributed by atoms with Crippen LogP contribution in [0.25, 0.3) is 11.4 Å². The first-order chi connectivity index (χ1) is 14.7. The van der Waals surface area contributed by atoms with Crippen LogP contribution >= 0.6 is 11.3 Å². The Bertz CT molecular complexity index is 1200. The molecule has 1 atom stereocenters. The van der Waals surface area contributed by atoms with Crippen LogP contribution in [0.2, 0.25) is 0 Å². The number of nitrogens with zero attached hydrogens (tertiary/aromatic N) is 4. The monoisotopic (exact) mass is 433 g/mol. The molecule has 5 rings (SSSR count). The van der Waals surface area contributed by atoms with Gasteiger partial charge in [-0.1, -0.05) is 13.8 Å². The second-order valence-electron chi connectivity index (χ2n) is 9.47. The molecule has 0 fully saturated rings. The summed E-state index contributed by atoms with van der Waals surface area (Å²) < 4.78 is 1.91. The fraction of sp³-hybridized carbons (Fsp3) is 0.375. The van der Waals surface area contributed by atoms with E-state index in [2.05, 4.69) is 54.6 Å². The Morgan fingerprint density at radius 3 is 2.55 bits per heavy atom. The molecule has 0 radical (unpaired) electrons. The second kappa shape index (κ2) is 7.05. The molecule has 3 aromatic rings. The van der Waals surface area contributed by atoms with E-state index in [0.29, 0.717) is 18.2 Å². The van der Waals surface area contributed by atoms with E-state index in [1.54, 1.807) is 11.3 Å². The highest BCUT2D eigenvalue weighted by Gasteiger charge is 2.42. The Morgan fingerprint density at radius 1 is 1.16 bits per heavy atom. The van der Waals surface area contributed by atoms with Gasteiger partial charge in [0.15, 0.2) is 11.6 Å². The van der Waals surface area contributed by atoms with Crippen molar-refractivity contribution < 1.29 is 4.79 Å². The maximum absolute atomic E-state index is 13.3. The van der Waals surface area contributed by atoms with Crippen molar-refractivity contribution in [2.24, 2.45) is 5.41 Å². The normalized spacial score (nSPS) is 19.6. The van der Waals surface area contributed by atoms with E-state index < -0.39 is 0 Å². The number of benzene rings is 1. The molecule has 1 unspecified atom stereocenters. The van der Waals surface area contributed by atoms with Gasteiger partial charge in [-0.05, 0) is 60.0 Å². The molecule has 1 aliphatic heterocycles. The fourth-order valence-corrected chi connectivity index (χ4v) is 5.57. The van der Waals surface area contributed by atoms with E-state index in [1.165, 1.54) is 5.56 Å². The van der Waals surface area contributed by atoms with E-state index >= 15 is 0 Å². The number of aryl methyl sites for hydroxylation is 1. The number of hydrogen-bond donors (Lipinski definition) is 1. The first-order valence-corrected chi connectivity index (χ1v) is 11.4. The van der Waals surface area contributed by atoms with Crippen LogP contribution in [0.3, 0.4) is 0 Å². The first-order valence-electron chi connectivity index (χ1n) is 10.5. The molecule has 0 bridgehead atoms. The van der Waals surface area contributed by atoms with Crippen LogP contribution in [-0.2, 0) is 4.79 Å².